The highest BCUT2D eigenvalue weighted by Crippen LogP contribution is 2.20. The van der Waals surface area contributed by atoms with Crippen molar-refractivity contribution in [3.05, 3.63) is 71.0 Å². The Morgan fingerprint density at radius 1 is 0.903 bits per heavy atom. The number of hydrogen-bond donors (Lipinski definition) is 1. The molecule has 162 valence electrons. The van der Waals surface area contributed by atoms with Crippen LogP contribution in [0.15, 0.2) is 65.5 Å². The molecule has 0 saturated carbocycles. The third-order valence-electron chi connectivity index (χ3n) is 4.55. The SMILES string of the molecule is CCOc1ccc(NC(=O)CCCn2nc(-c3ccc(OCC)cc3)ccc2=O)cc1. The van der Waals surface area contributed by atoms with E-state index in [0.717, 1.165) is 17.1 Å². The van der Waals surface area contributed by atoms with Gasteiger partial charge in [0.05, 0.1) is 18.9 Å². The first-order valence-corrected chi connectivity index (χ1v) is 10.4. The first-order chi connectivity index (χ1) is 15.1. The number of aryl methyl sites for hydroxylation is 1. The molecule has 3 rings (SSSR count). The van der Waals surface area contributed by atoms with Gasteiger partial charge in [0.25, 0.3) is 5.56 Å². The average Bonchev–Trinajstić information content (AvgIpc) is 2.77. The van der Waals surface area contributed by atoms with Crippen LogP contribution < -0.4 is 20.3 Å². The summed E-state index contributed by atoms with van der Waals surface area (Å²) < 4.78 is 12.2. The number of rotatable bonds is 10. The van der Waals surface area contributed by atoms with Crippen LogP contribution in [0.3, 0.4) is 0 Å². The van der Waals surface area contributed by atoms with Crippen molar-refractivity contribution in [2.45, 2.75) is 33.2 Å². The van der Waals surface area contributed by atoms with E-state index in [0.29, 0.717) is 37.6 Å². The summed E-state index contributed by atoms with van der Waals surface area (Å²) in [5.74, 6) is 1.44. The third kappa shape index (κ3) is 6.44. The van der Waals surface area contributed by atoms with Crippen LogP contribution in [-0.4, -0.2) is 28.9 Å². The molecule has 0 aliphatic heterocycles. The number of ether oxygens (including phenoxy) is 2. The summed E-state index contributed by atoms with van der Waals surface area (Å²) in [6.45, 7) is 5.42. The molecule has 0 aliphatic carbocycles. The Morgan fingerprint density at radius 3 is 2.13 bits per heavy atom. The van der Waals surface area contributed by atoms with Crippen molar-refractivity contribution in [3.63, 3.8) is 0 Å². The van der Waals surface area contributed by atoms with Gasteiger partial charge in [-0.05, 0) is 74.9 Å². The lowest BCUT2D eigenvalue weighted by Gasteiger charge is -2.09. The van der Waals surface area contributed by atoms with Gasteiger partial charge in [0.2, 0.25) is 5.91 Å². The van der Waals surface area contributed by atoms with Gasteiger partial charge in [-0.1, -0.05) is 0 Å². The zero-order chi connectivity index (χ0) is 22.1. The molecule has 7 nitrogen and oxygen atoms in total. The van der Waals surface area contributed by atoms with Gasteiger partial charge in [-0.2, -0.15) is 5.10 Å². The van der Waals surface area contributed by atoms with E-state index >= 15 is 0 Å². The zero-order valence-corrected chi connectivity index (χ0v) is 17.8. The summed E-state index contributed by atoms with van der Waals surface area (Å²) in [6.07, 6.45) is 0.789. The highest BCUT2D eigenvalue weighted by atomic mass is 16.5. The third-order valence-corrected chi connectivity index (χ3v) is 4.55. The van der Waals surface area contributed by atoms with Crippen molar-refractivity contribution >= 4 is 11.6 Å². The molecule has 0 spiro atoms. The molecule has 1 amide bonds. The molecule has 2 aromatic carbocycles. The predicted octanol–water partition coefficient (Wildman–Crippen LogP) is 4.13. The van der Waals surface area contributed by atoms with Gasteiger partial charge < -0.3 is 14.8 Å². The summed E-state index contributed by atoms with van der Waals surface area (Å²) in [5, 5.41) is 7.29. The molecule has 31 heavy (non-hydrogen) atoms. The van der Waals surface area contributed by atoms with Crippen molar-refractivity contribution in [2.75, 3.05) is 18.5 Å². The second kappa shape index (κ2) is 11.0. The maximum atomic E-state index is 12.2. The fourth-order valence-electron chi connectivity index (χ4n) is 3.07. The Hall–Kier alpha value is -3.61. The predicted molar refractivity (Wildman–Crippen MR) is 121 cm³/mol. The molecule has 0 fully saturated rings. The van der Waals surface area contributed by atoms with Crippen LogP contribution >= 0.6 is 0 Å². The first-order valence-electron chi connectivity index (χ1n) is 10.4. The summed E-state index contributed by atoms with van der Waals surface area (Å²) >= 11 is 0. The fraction of sp³-hybridized carbons (Fsp3) is 0.292. The molecule has 1 aromatic heterocycles. The Bertz CT molecular complexity index is 1040. The molecule has 0 aliphatic rings. The molecule has 1 N–H and O–H groups in total. The second-order valence-electron chi connectivity index (χ2n) is 6.85. The monoisotopic (exact) mass is 421 g/mol. The minimum Gasteiger partial charge on any atom is -0.494 e. The van der Waals surface area contributed by atoms with Crippen LogP contribution in [0, 0.1) is 0 Å². The fourth-order valence-corrected chi connectivity index (χ4v) is 3.07. The number of amides is 1. The number of anilines is 1. The van der Waals surface area contributed by atoms with Crippen molar-refractivity contribution in [1.29, 1.82) is 0 Å². The molecule has 7 heteroatoms. The van der Waals surface area contributed by atoms with Gasteiger partial charge in [0, 0.05) is 30.3 Å². The normalized spacial score (nSPS) is 10.5. The number of carbonyl (C=O) groups is 1. The number of nitrogens with zero attached hydrogens (tertiary/aromatic N) is 2. The second-order valence-corrected chi connectivity index (χ2v) is 6.85. The van der Waals surface area contributed by atoms with Gasteiger partial charge in [0.15, 0.2) is 0 Å². The highest BCUT2D eigenvalue weighted by molar-refractivity contribution is 5.90. The molecule has 0 bridgehead atoms. The topological polar surface area (TPSA) is 82.4 Å². The minimum atomic E-state index is -0.193. The van der Waals surface area contributed by atoms with Crippen LogP contribution in [0.1, 0.15) is 26.7 Å². The molecule has 0 radical (unpaired) electrons. The van der Waals surface area contributed by atoms with E-state index in [-0.39, 0.29) is 17.9 Å². The molecular weight excluding hydrogens is 394 g/mol. The Morgan fingerprint density at radius 2 is 1.52 bits per heavy atom. The first kappa shape index (κ1) is 22.1. The lowest BCUT2D eigenvalue weighted by molar-refractivity contribution is -0.116. The lowest BCUT2D eigenvalue weighted by Crippen LogP contribution is -2.23. The van der Waals surface area contributed by atoms with Gasteiger partial charge >= 0.3 is 0 Å². The summed E-state index contributed by atoms with van der Waals surface area (Å²) in [5.41, 5.74) is 2.11. The van der Waals surface area contributed by atoms with E-state index < -0.39 is 0 Å². The van der Waals surface area contributed by atoms with E-state index in [2.05, 4.69) is 10.4 Å². The Labute approximate surface area is 181 Å². The molecule has 1 heterocycles. The van der Waals surface area contributed by atoms with Gasteiger partial charge in [-0.3, -0.25) is 9.59 Å². The minimum absolute atomic E-state index is 0.111. The van der Waals surface area contributed by atoms with Crippen molar-refractivity contribution in [3.8, 4) is 22.8 Å². The van der Waals surface area contributed by atoms with E-state index in [1.165, 1.54) is 10.7 Å². The maximum absolute atomic E-state index is 12.2. The molecule has 3 aromatic rings. The van der Waals surface area contributed by atoms with Crippen LogP contribution in [0.5, 0.6) is 11.5 Å². The standard InChI is InChI=1S/C24H27N3O4/c1-3-30-20-11-7-18(8-12-20)22-15-16-24(29)27(26-22)17-5-6-23(28)25-19-9-13-21(14-10-19)31-4-2/h7-16H,3-6,17H2,1-2H3,(H,25,28). The summed E-state index contributed by atoms with van der Waals surface area (Å²) in [4.78, 5) is 24.4. The van der Waals surface area contributed by atoms with E-state index in [1.807, 2.05) is 50.2 Å². The molecule has 0 unspecified atom stereocenters. The highest BCUT2D eigenvalue weighted by Gasteiger charge is 2.07. The zero-order valence-electron chi connectivity index (χ0n) is 17.8. The molecular formula is C24H27N3O4. The average molecular weight is 421 g/mol. The maximum Gasteiger partial charge on any atom is 0.266 e. The number of aromatic nitrogens is 2. The van der Waals surface area contributed by atoms with Crippen LogP contribution in [0.4, 0.5) is 5.69 Å². The van der Waals surface area contributed by atoms with Crippen LogP contribution in [0.25, 0.3) is 11.3 Å². The van der Waals surface area contributed by atoms with Gasteiger partial charge in [-0.25, -0.2) is 4.68 Å². The van der Waals surface area contributed by atoms with Crippen LogP contribution in [0.2, 0.25) is 0 Å². The Balaban J connectivity index is 1.55. The number of benzene rings is 2. The van der Waals surface area contributed by atoms with E-state index in [4.69, 9.17) is 9.47 Å². The van der Waals surface area contributed by atoms with Gasteiger partial charge in [-0.15, -0.1) is 0 Å². The summed E-state index contributed by atoms with van der Waals surface area (Å²) in [7, 11) is 0. The largest absolute Gasteiger partial charge is 0.494 e. The summed E-state index contributed by atoms with van der Waals surface area (Å²) in [6, 6.07) is 18.0. The number of hydrogen-bond acceptors (Lipinski definition) is 5. The quantitative estimate of drug-likeness (QED) is 0.532. The van der Waals surface area contributed by atoms with Crippen molar-refractivity contribution in [1.82, 2.24) is 9.78 Å². The van der Waals surface area contributed by atoms with Crippen LogP contribution in [-0.2, 0) is 11.3 Å². The van der Waals surface area contributed by atoms with E-state index in [1.54, 1.807) is 18.2 Å². The van der Waals surface area contributed by atoms with Crippen molar-refractivity contribution < 1.29 is 14.3 Å². The number of carbonyl (C=O) groups excluding carboxylic acids is 1. The van der Waals surface area contributed by atoms with Crippen molar-refractivity contribution in [2.24, 2.45) is 0 Å². The van der Waals surface area contributed by atoms with E-state index in [9.17, 15) is 9.59 Å². The Kier molecular flexibility index (Phi) is 7.81. The number of nitrogens with one attached hydrogen (secondary N) is 1. The lowest BCUT2D eigenvalue weighted by atomic mass is 10.1. The molecule has 0 saturated heterocycles. The van der Waals surface area contributed by atoms with Gasteiger partial charge in [0.1, 0.15) is 11.5 Å². The molecule has 0 atom stereocenters. The smallest absolute Gasteiger partial charge is 0.266 e.